The lowest BCUT2D eigenvalue weighted by Gasteiger charge is -2.44. The Morgan fingerprint density at radius 3 is 2.54 bits per heavy atom. The number of hydrogen-bond donors (Lipinski definition) is 2. The lowest BCUT2D eigenvalue weighted by Crippen LogP contribution is -2.59. The first-order valence-corrected chi connectivity index (χ1v) is 8.97. The molecule has 2 N–H and O–H groups in total. The number of piperidine rings is 1. The van der Waals surface area contributed by atoms with Crippen molar-refractivity contribution in [3.8, 4) is 0 Å². The fourth-order valence-corrected chi connectivity index (χ4v) is 3.57. The summed E-state index contributed by atoms with van der Waals surface area (Å²) in [6.45, 7) is 5.65. The lowest BCUT2D eigenvalue weighted by molar-refractivity contribution is -0.134. The molecule has 2 amide bonds. The molecule has 24 heavy (non-hydrogen) atoms. The fourth-order valence-electron chi connectivity index (χ4n) is 3.57. The summed E-state index contributed by atoms with van der Waals surface area (Å²) in [5, 5.41) is 6.44. The van der Waals surface area contributed by atoms with Gasteiger partial charge in [0.2, 0.25) is 11.8 Å². The number of anilines is 2. The van der Waals surface area contributed by atoms with E-state index in [1.165, 1.54) is 0 Å². The van der Waals surface area contributed by atoms with E-state index >= 15 is 0 Å². The van der Waals surface area contributed by atoms with Crippen LogP contribution < -0.4 is 10.6 Å². The van der Waals surface area contributed by atoms with E-state index in [0.717, 1.165) is 24.2 Å². The highest BCUT2D eigenvalue weighted by Gasteiger charge is 2.44. The molecule has 0 aromatic heterocycles. The highest BCUT2D eigenvalue weighted by Crippen LogP contribution is 2.36. The number of likely N-dealkylation sites (tertiary alicyclic amines) is 1. The minimum Gasteiger partial charge on any atom is -0.369 e. The minimum atomic E-state index is -0.580. The zero-order chi connectivity index (χ0) is 17.2. The van der Waals surface area contributed by atoms with Gasteiger partial charge in [-0.2, -0.15) is 0 Å². The summed E-state index contributed by atoms with van der Waals surface area (Å²) < 4.78 is 0. The first-order chi connectivity index (χ1) is 11.5. The summed E-state index contributed by atoms with van der Waals surface area (Å²) >= 11 is 0. The standard InChI is InChI=1S/C19H27N3O2/c1-14(2)6-5-9-17(23)22-12-10-19(11-13-22)18(24)20-15-7-3-4-8-16(15)21-19/h3-4,7-8,14,21H,5-6,9-13H2,1-2H3,(H,20,24). The summed E-state index contributed by atoms with van der Waals surface area (Å²) in [7, 11) is 0. The molecule has 0 unspecified atom stereocenters. The molecule has 130 valence electrons. The number of nitrogens with zero attached hydrogens (tertiary/aromatic N) is 1. The van der Waals surface area contributed by atoms with Crippen molar-refractivity contribution in [2.24, 2.45) is 5.92 Å². The van der Waals surface area contributed by atoms with Crippen LogP contribution in [0.15, 0.2) is 24.3 Å². The SMILES string of the molecule is CC(C)CCCC(=O)N1CCC2(CC1)Nc1ccccc1NC2=O. The number of para-hydroxylation sites is 2. The Morgan fingerprint density at radius 1 is 1.21 bits per heavy atom. The van der Waals surface area contributed by atoms with Crippen molar-refractivity contribution in [3.05, 3.63) is 24.3 Å². The van der Waals surface area contributed by atoms with Gasteiger partial charge in [0, 0.05) is 19.5 Å². The molecule has 0 saturated carbocycles. The summed E-state index contributed by atoms with van der Waals surface area (Å²) in [6.07, 6.45) is 3.97. The predicted octanol–water partition coefficient (Wildman–Crippen LogP) is 3.24. The monoisotopic (exact) mass is 329 g/mol. The third-order valence-electron chi connectivity index (χ3n) is 5.13. The number of rotatable bonds is 4. The Hall–Kier alpha value is -2.04. The number of carbonyl (C=O) groups is 2. The van der Waals surface area contributed by atoms with E-state index in [2.05, 4.69) is 24.5 Å². The van der Waals surface area contributed by atoms with E-state index in [9.17, 15) is 9.59 Å². The van der Waals surface area contributed by atoms with Crippen molar-refractivity contribution < 1.29 is 9.59 Å². The Morgan fingerprint density at radius 2 is 1.88 bits per heavy atom. The smallest absolute Gasteiger partial charge is 0.250 e. The maximum atomic E-state index is 12.6. The Bertz CT molecular complexity index is 619. The Labute approximate surface area is 143 Å². The third kappa shape index (κ3) is 3.40. The molecule has 0 atom stereocenters. The van der Waals surface area contributed by atoms with Crippen LogP contribution in [0.1, 0.15) is 46.0 Å². The van der Waals surface area contributed by atoms with Crippen LogP contribution in [0.2, 0.25) is 0 Å². The summed E-state index contributed by atoms with van der Waals surface area (Å²) in [5.41, 5.74) is 1.22. The topological polar surface area (TPSA) is 61.4 Å². The van der Waals surface area contributed by atoms with Crippen molar-refractivity contribution in [2.75, 3.05) is 23.7 Å². The van der Waals surface area contributed by atoms with Crippen molar-refractivity contribution in [1.82, 2.24) is 4.90 Å². The maximum Gasteiger partial charge on any atom is 0.250 e. The molecule has 1 aromatic carbocycles. The highest BCUT2D eigenvalue weighted by molar-refractivity contribution is 6.06. The maximum absolute atomic E-state index is 12.6. The van der Waals surface area contributed by atoms with Gasteiger partial charge in [-0.15, -0.1) is 0 Å². The van der Waals surface area contributed by atoms with Gasteiger partial charge in [0.1, 0.15) is 5.54 Å². The molecule has 0 aliphatic carbocycles. The minimum absolute atomic E-state index is 0.0214. The van der Waals surface area contributed by atoms with Crippen LogP contribution in [0.5, 0.6) is 0 Å². The van der Waals surface area contributed by atoms with Crippen molar-refractivity contribution >= 4 is 23.2 Å². The van der Waals surface area contributed by atoms with Gasteiger partial charge >= 0.3 is 0 Å². The molecule has 2 aliphatic heterocycles. The summed E-state index contributed by atoms with van der Waals surface area (Å²) in [5.74, 6) is 0.882. The first-order valence-electron chi connectivity index (χ1n) is 8.97. The molecule has 0 bridgehead atoms. The number of nitrogens with one attached hydrogen (secondary N) is 2. The van der Waals surface area contributed by atoms with Crippen LogP contribution in [-0.4, -0.2) is 35.3 Å². The van der Waals surface area contributed by atoms with E-state index in [0.29, 0.717) is 38.3 Å². The second-order valence-electron chi connectivity index (χ2n) is 7.37. The fraction of sp³-hybridized carbons (Fsp3) is 0.579. The lowest BCUT2D eigenvalue weighted by atomic mass is 9.84. The summed E-state index contributed by atoms with van der Waals surface area (Å²) in [4.78, 5) is 26.8. The molecule has 5 heteroatoms. The van der Waals surface area contributed by atoms with Crippen LogP contribution in [0, 0.1) is 5.92 Å². The molecule has 3 rings (SSSR count). The number of hydrogen-bond acceptors (Lipinski definition) is 3. The molecule has 5 nitrogen and oxygen atoms in total. The van der Waals surface area contributed by atoms with Crippen LogP contribution in [-0.2, 0) is 9.59 Å². The molecule has 1 spiro atoms. The second kappa shape index (κ2) is 6.83. The van der Waals surface area contributed by atoms with Crippen LogP contribution in [0.25, 0.3) is 0 Å². The van der Waals surface area contributed by atoms with Crippen LogP contribution in [0.4, 0.5) is 11.4 Å². The van der Waals surface area contributed by atoms with Gasteiger partial charge in [-0.05, 0) is 37.3 Å². The van der Waals surface area contributed by atoms with E-state index in [4.69, 9.17) is 0 Å². The predicted molar refractivity (Wildman–Crippen MR) is 95.9 cm³/mol. The van der Waals surface area contributed by atoms with Gasteiger partial charge in [0.05, 0.1) is 11.4 Å². The van der Waals surface area contributed by atoms with Gasteiger partial charge in [-0.3, -0.25) is 9.59 Å². The third-order valence-corrected chi connectivity index (χ3v) is 5.13. The van der Waals surface area contributed by atoms with Gasteiger partial charge in [0.15, 0.2) is 0 Å². The van der Waals surface area contributed by atoms with Gasteiger partial charge in [0.25, 0.3) is 0 Å². The molecular formula is C19H27N3O2. The molecule has 1 saturated heterocycles. The van der Waals surface area contributed by atoms with Gasteiger partial charge in [-0.25, -0.2) is 0 Å². The number of carbonyl (C=O) groups excluding carboxylic acids is 2. The zero-order valence-corrected chi connectivity index (χ0v) is 14.6. The van der Waals surface area contributed by atoms with E-state index < -0.39 is 5.54 Å². The van der Waals surface area contributed by atoms with Gasteiger partial charge < -0.3 is 15.5 Å². The molecule has 2 aliphatic rings. The highest BCUT2D eigenvalue weighted by atomic mass is 16.2. The van der Waals surface area contributed by atoms with Crippen molar-refractivity contribution in [1.29, 1.82) is 0 Å². The molecule has 2 heterocycles. The number of amides is 2. The molecule has 1 aromatic rings. The van der Waals surface area contributed by atoms with E-state index in [1.54, 1.807) is 0 Å². The average Bonchev–Trinajstić information content (AvgIpc) is 2.56. The zero-order valence-electron chi connectivity index (χ0n) is 14.6. The molecule has 0 radical (unpaired) electrons. The Balaban J connectivity index is 1.58. The normalized spacial score (nSPS) is 19.0. The summed E-state index contributed by atoms with van der Waals surface area (Å²) in [6, 6.07) is 7.77. The Kier molecular flexibility index (Phi) is 4.78. The molecular weight excluding hydrogens is 302 g/mol. The van der Waals surface area contributed by atoms with E-state index in [1.807, 2.05) is 29.2 Å². The van der Waals surface area contributed by atoms with Crippen molar-refractivity contribution in [3.63, 3.8) is 0 Å². The van der Waals surface area contributed by atoms with Crippen LogP contribution >= 0.6 is 0 Å². The van der Waals surface area contributed by atoms with E-state index in [-0.39, 0.29) is 11.8 Å². The van der Waals surface area contributed by atoms with Crippen molar-refractivity contribution in [2.45, 2.75) is 51.5 Å². The second-order valence-corrected chi connectivity index (χ2v) is 7.37. The van der Waals surface area contributed by atoms with Crippen LogP contribution in [0.3, 0.4) is 0 Å². The number of benzene rings is 1. The first kappa shape index (κ1) is 16.8. The average molecular weight is 329 g/mol. The number of fused-ring (bicyclic) bond motifs is 1. The largest absolute Gasteiger partial charge is 0.369 e. The van der Waals surface area contributed by atoms with Gasteiger partial charge in [-0.1, -0.05) is 32.4 Å². The molecule has 1 fully saturated rings. The quantitative estimate of drug-likeness (QED) is 0.891.